The van der Waals surface area contributed by atoms with Crippen molar-refractivity contribution in [2.24, 2.45) is 0 Å². The van der Waals surface area contributed by atoms with Gasteiger partial charge < -0.3 is 9.84 Å². The molecule has 2 nitrogen and oxygen atoms in total. The van der Waals surface area contributed by atoms with Crippen molar-refractivity contribution in [3.8, 4) is 5.75 Å². The van der Waals surface area contributed by atoms with Crippen LogP contribution < -0.4 is 4.74 Å². The number of hydrogen-bond donors (Lipinski definition) is 1. The molecule has 0 amide bonds. The molecular weight excluding hydrogens is 255 g/mol. The van der Waals surface area contributed by atoms with Gasteiger partial charge in [0, 0.05) is 10.6 Å². The summed E-state index contributed by atoms with van der Waals surface area (Å²) in [4.78, 5) is 0. The zero-order chi connectivity index (χ0) is 13.1. The predicted octanol–water partition coefficient (Wildman–Crippen LogP) is 3.57. The first-order chi connectivity index (χ1) is 8.63. The van der Waals surface area contributed by atoms with Crippen LogP contribution >= 0.6 is 11.6 Å². The van der Waals surface area contributed by atoms with Crippen molar-refractivity contribution in [2.75, 3.05) is 7.11 Å². The molecule has 0 saturated carbocycles. The Balaban J connectivity index is 2.37. The first kappa shape index (κ1) is 12.9. The van der Waals surface area contributed by atoms with Crippen molar-refractivity contribution in [3.05, 3.63) is 64.4 Å². The first-order valence-electron chi connectivity index (χ1n) is 5.39. The molecule has 0 saturated heterocycles. The minimum atomic E-state index is -0.959. The molecule has 2 rings (SSSR count). The average Bonchev–Trinajstić information content (AvgIpc) is 2.38. The van der Waals surface area contributed by atoms with E-state index in [4.69, 9.17) is 16.3 Å². The second-order valence-electron chi connectivity index (χ2n) is 3.82. The van der Waals surface area contributed by atoms with E-state index in [0.717, 1.165) is 0 Å². The molecule has 0 fully saturated rings. The van der Waals surface area contributed by atoms with Gasteiger partial charge in [0.25, 0.3) is 0 Å². The summed E-state index contributed by atoms with van der Waals surface area (Å²) >= 11 is 5.99. The Morgan fingerprint density at radius 2 is 1.94 bits per heavy atom. The SMILES string of the molecule is COc1ccc(C(O)c2ccccc2Cl)cc1F. The zero-order valence-corrected chi connectivity index (χ0v) is 10.5. The van der Waals surface area contributed by atoms with Crippen LogP contribution in [0, 0.1) is 5.82 Å². The Morgan fingerprint density at radius 3 is 2.56 bits per heavy atom. The minimum absolute atomic E-state index is 0.144. The topological polar surface area (TPSA) is 29.5 Å². The Morgan fingerprint density at radius 1 is 1.22 bits per heavy atom. The maximum atomic E-state index is 13.6. The number of methoxy groups -OCH3 is 1. The lowest BCUT2D eigenvalue weighted by Gasteiger charge is -2.14. The van der Waals surface area contributed by atoms with Crippen LogP contribution in [0.5, 0.6) is 5.75 Å². The van der Waals surface area contributed by atoms with Gasteiger partial charge in [-0.25, -0.2) is 4.39 Å². The van der Waals surface area contributed by atoms with E-state index in [1.807, 2.05) is 0 Å². The fourth-order valence-corrected chi connectivity index (χ4v) is 1.97. The summed E-state index contributed by atoms with van der Waals surface area (Å²) in [5.41, 5.74) is 0.977. The Bertz CT molecular complexity index is 557. The summed E-state index contributed by atoms with van der Waals surface area (Å²) in [7, 11) is 1.39. The number of benzene rings is 2. The highest BCUT2D eigenvalue weighted by molar-refractivity contribution is 6.31. The van der Waals surface area contributed by atoms with Gasteiger partial charge in [-0.1, -0.05) is 35.9 Å². The van der Waals surface area contributed by atoms with E-state index in [2.05, 4.69) is 0 Å². The Kier molecular flexibility index (Phi) is 3.84. The molecule has 0 aliphatic carbocycles. The molecule has 2 aromatic rings. The molecule has 0 aliphatic rings. The summed E-state index contributed by atoms with van der Waals surface area (Å²) in [5, 5.41) is 10.6. The summed E-state index contributed by atoms with van der Waals surface area (Å²) in [5.74, 6) is -0.369. The van der Waals surface area contributed by atoms with Crippen molar-refractivity contribution in [1.29, 1.82) is 0 Å². The maximum Gasteiger partial charge on any atom is 0.165 e. The van der Waals surface area contributed by atoms with Crippen LogP contribution in [0.4, 0.5) is 4.39 Å². The molecule has 0 bridgehead atoms. The monoisotopic (exact) mass is 266 g/mol. The smallest absolute Gasteiger partial charge is 0.165 e. The van der Waals surface area contributed by atoms with Crippen molar-refractivity contribution >= 4 is 11.6 Å². The molecule has 94 valence electrons. The quantitative estimate of drug-likeness (QED) is 0.920. The lowest BCUT2D eigenvalue weighted by Crippen LogP contribution is -2.01. The zero-order valence-electron chi connectivity index (χ0n) is 9.73. The van der Waals surface area contributed by atoms with Crippen LogP contribution in [0.25, 0.3) is 0 Å². The molecule has 1 N–H and O–H groups in total. The molecular formula is C14H12ClFO2. The van der Waals surface area contributed by atoms with Crippen molar-refractivity contribution in [1.82, 2.24) is 0 Å². The van der Waals surface area contributed by atoms with Gasteiger partial charge in [-0.3, -0.25) is 0 Å². The van der Waals surface area contributed by atoms with E-state index < -0.39 is 11.9 Å². The molecule has 1 atom stereocenters. The maximum absolute atomic E-state index is 13.6. The second-order valence-corrected chi connectivity index (χ2v) is 4.23. The van der Waals surface area contributed by atoms with E-state index in [0.29, 0.717) is 16.1 Å². The molecule has 2 aromatic carbocycles. The summed E-state index contributed by atoms with van der Waals surface area (Å²) in [6, 6.07) is 11.3. The van der Waals surface area contributed by atoms with Gasteiger partial charge in [0.05, 0.1) is 7.11 Å². The fraction of sp³-hybridized carbons (Fsp3) is 0.143. The first-order valence-corrected chi connectivity index (χ1v) is 5.77. The summed E-state index contributed by atoms with van der Waals surface area (Å²) in [6.45, 7) is 0. The third kappa shape index (κ3) is 2.47. The Labute approximate surface area is 110 Å². The number of hydrogen-bond acceptors (Lipinski definition) is 2. The van der Waals surface area contributed by atoms with Crippen LogP contribution in [-0.4, -0.2) is 12.2 Å². The van der Waals surface area contributed by atoms with Crippen molar-refractivity contribution < 1.29 is 14.2 Å². The molecule has 0 aromatic heterocycles. The summed E-state index contributed by atoms with van der Waals surface area (Å²) in [6.07, 6.45) is -0.959. The van der Waals surface area contributed by atoms with Crippen molar-refractivity contribution in [3.63, 3.8) is 0 Å². The normalized spacial score (nSPS) is 12.2. The summed E-state index contributed by atoms with van der Waals surface area (Å²) < 4.78 is 18.4. The van der Waals surface area contributed by atoms with Gasteiger partial charge in [-0.05, 0) is 23.8 Å². The van der Waals surface area contributed by atoms with E-state index in [9.17, 15) is 9.50 Å². The highest BCUT2D eigenvalue weighted by atomic mass is 35.5. The van der Waals surface area contributed by atoms with E-state index in [1.165, 1.54) is 19.2 Å². The molecule has 1 unspecified atom stereocenters. The van der Waals surface area contributed by atoms with Gasteiger partial charge >= 0.3 is 0 Å². The standard InChI is InChI=1S/C14H12ClFO2/c1-18-13-7-6-9(8-12(13)16)14(17)10-4-2-3-5-11(10)15/h2-8,14,17H,1H3. The van der Waals surface area contributed by atoms with Gasteiger partial charge in [-0.2, -0.15) is 0 Å². The minimum Gasteiger partial charge on any atom is -0.494 e. The van der Waals surface area contributed by atoms with Crippen LogP contribution in [0.2, 0.25) is 5.02 Å². The van der Waals surface area contributed by atoms with Crippen LogP contribution in [0.3, 0.4) is 0 Å². The fourth-order valence-electron chi connectivity index (χ4n) is 1.73. The molecule has 0 spiro atoms. The van der Waals surface area contributed by atoms with Crippen LogP contribution in [0.1, 0.15) is 17.2 Å². The molecule has 0 heterocycles. The number of ether oxygens (including phenoxy) is 1. The highest BCUT2D eigenvalue weighted by Gasteiger charge is 2.15. The van der Waals surface area contributed by atoms with Crippen LogP contribution in [0.15, 0.2) is 42.5 Å². The highest BCUT2D eigenvalue weighted by Crippen LogP contribution is 2.30. The van der Waals surface area contributed by atoms with E-state index >= 15 is 0 Å². The number of halogens is 2. The number of aliphatic hydroxyl groups is 1. The average molecular weight is 267 g/mol. The lowest BCUT2D eigenvalue weighted by molar-refractivity contribution is 0.219. The van der Waals surface area contributed by atoms with Crippen molar-refractivity contribution in [2.45, 2.75) is 6.10 Å². The predicted molar refractivity (Wildman–Crippen MR) is 68.5 cm³/mol. The molecule has 18 heavy (non-hydrogen) atoms. The van der Waals surface area contributed by atoms with Gasteiger partial charge in [0.1, 0.15) is 6.10 Å². The van der Waals surface area contributed by atoms with E-state index in [1.54, 1.807) is 30.3 Å². The second kappa shape index (κ2) is 5.38. The van der Waals surface area contributed by atoms with E-state index in [-0.39, 0.29) is 5.75 Å². The van der Waals surface area contributed by atoms with Crippen LogP contribution in [-0.2, 0) is 0 Å². The Hall–Kier alpha value is -1.58. The molecule has 0 aliphatic heterocycles. The molecule has 4 heteroatoms. The molecule has 0 radical (unpaired) electrons. The largest absolute Gasteiger partial charge is 0.494 e. The lowest BCUT2D eigenvalue weighted by atomic mass is 10.0. The van der Waals surface area contributed by atoms with Gasteiger partial charge in [0.15, 0.2) is 11.6 Å². The number of aliphatic hydroxyl groups excluding tert-OH is 1. The third-order valence-corrected chi connectivity index (χ3v) is 3.04. The number of rotatable bonds is 3. The van der Waals surface area contributed by atoms with Gasteiger partial charge in [0.2, 0.25) is 0 Å². The third-order valence-electron chi connectivity index (χ3n) is 2.69. The van der Waals surface area contributed by atoms with Gasteiger partial charge in [-0.15, -0.1) is 0 Å².